The molecule has 0 aromatic heterocycles. The molecular formula is C15H19NaO3S3. The molecule has 0 saturated heterocycles. The van der Waals surface area contributed by atoms with Crippen molar-refractivity contribution in [2.75, 3.05) is 5.75 Å². The summed E-state index contributed by atoms with van der Waals surface area (Å²) < 4.78 is 27.6. The quantitative estimate of drug-likeness (QED) is 0.498. The Hall–Kier alpha value is 0.0500. The van der Waals surface area contributed by atoms with Crippen LogP contribution in [0.3, 0.4) is 0 Å². The van der Waals surface area contributed by atoms with Gasteiger partial charge in [-0.25, -0.2) is 0 Å². The van der Waals surface area contributed by atoms with Crippen LogP contribution in [0.5, 0.6) is 0 Å². The maximum Gasteiger partial charge on any atom is 1.00 e. The maximum atomic E-state index is 9.79. The van der Waals surface area contributed by atoms with Crippen LogP contribution < -0.4 is 29.6 Å². The molecule has 2 aromatic carbocycles. The first-order valence-electron chi connectivity index (χ1n) is 6.41. The number of hydrogen-bond acceptors (Lipinski definition) is 4. The van der Waals surface area contributed by atoms with E-state index in [9.17, 15) is 8.42 Å². The van der Waals surface area contributed by atoms with Gasteiger partial charge in [0.1, 0.15) is 0 Å². The van der Waals surface area contributed by atoms with Crippen molar-refractivity contribution < 1.29 is 44.0 Å². The van der Waals surface area contributed by atoms with E-state index in [0.29, 0.717) is 6.42 Å². The minimum absolute atomic E-state index is 0. The predicted molar refractivity (Wildman–Crippen MR) is 92.4 cm³/mol. The van der Waals surface area contributed by atoms with E-state index in [2.05, 4.69) is 48.5 Å². The Morgan fingerprint density at radius 3 is 1.50 bits per heavy atom. The van der Waals surface area contributed by atoms with E-state index in [1.807, 2.05) is 12.1 Å². The van der Waals surface area contributed by atoms with Crippen LogP contribution in [0.4, 0.5) is 0 Å². The zero-order chi connectivity index (χ0) is 15.6. The van der Waals surface area contributed by atoms with Gasteiger partial charge in [0.2, 0.25) is 0 Å². The van der Waals surface area contributed by atoms with Gasteiger partial charge in [-0.05, 0) is 30.7 Å². The molecule has 3 nitrogen and oxygen atoms in total. The molecule has 7 heteroatoms. The molecule has 1 N–H and O–H groups in total. The molecule has 0 radical (unpaired) electrons. The van der Waals surface area contributed by atoms with Crippen molar-refractivity contribution in [2.45, 2.75) is 23.1 Å². The molecule has 0 aliphatic rings. The molecular weight excluding hydrogens is 347 g/mol. The van der Waals surface area contributed by atoms with Gasteiger partial charge in [-0.3, -0.25) is 4.55 Å². The van der Waals surface area contributed by atoms with Crippen LogP contribution in [0.1, 0.15) is 14.8 Å². The van der Waals surface area contributed by atoms with Crippen molar-refractivity contribution in [3.63, 3.8) is 0 Å². The fraction of sp³-hybridized carbons (Fsp3) is 0.200. The van der Waals surface area contributed by atoms with Crippen LogP contribution in [0.2, 0.25) is 0 Å². The molecule has 0 heterocycles. The molecule has 0 aliphatic carbocycles. The third kappa shape index (κ3) is 11.6. The van der Waals surface area contributed by atoms with E-state index in [-0.39, 0.29) is 36.7 Å². The third-order valence-electron chi connectivity index (χ3n) is 2.18. The van der Waals surface area contributed by atoms with E-state index in [4.69, 9.17) is 4.55 Å². The normalized spacial score (nSPS) is 10.1. The molecule has 0 unspecified atom stereocenters. The Balaban J connectivity index is 0. The first kappa shape index (κ1) is 22.1. The Kier molecular flexibility index (Phi) is 12.5. The van der Waals surface area contributed by atoms with Gasteiger partial charge in [0, 0.05) is 9.79 Å². The summed E-state index contributed by atoms with van der Waals surface area (Å²) in [4.78, 5) is 2.59. The summed E-state index contributed by atoms with van der Waals surface area (Å²) in [5.41, 5.74) is 0. The van der Waals surface area contributed by atoms with Crippen LogP contribution in [-0.2, 0) is 10.1 Å². The van der Waals surface area contributed by atoms with Gasteiger partial charge < -0.3 is 1.43 Å². The van der Waals surface area contributed by atoms with Gasteiger partial charge in [-0.2, -0.15) is 8.42 Å². The Bertz CT molecular complexity index is 571. The van der Waals surface area contributed by atoms with Gasteiger partial charge >= 0.3 is 29.6 Å². The number of benzene rings is 2. The van der Waals surface area contributed by atoms with E-state index in [0.717, 1.165) is 0 Å². The zero-order valence-electron chi connectivity index (χ0n) is 13.7. The molecule has 2 aromatic rings. The van der Waals surface area contributed by atoms with Crippen molar-refractivity contribution in [1.29, 1.82) is 0 Å². The number of rotatable bonds is 5. The van der Waals surface area contributed by atoms with Gasteiger partial charge in [0.25, 0.3) is 10.1 Å². The summed E-state index contributed by atoms with van der Waals surface area (Å²) >= 11 is 0. The summed E-state index contributed by atoms with van der Waals surface area (Å²) in [5.74, 6) is -0.132. The SMILES string of the molecule is CCCS(=O)(=O)O.[H-].[Na+].c1ccc(SSc2ccccc2)cc1. The summed E-state index contributed by atoms with van der Waals surface area (Å²) in [5, 5.41) is 0. The summed E-state index contributed by atoms with van der Waals surface area (Å²) in [6, 6.07) is 20.8. The summed E-state index contributed by atoms with van der Waals surface area (Å²) in [7, 11) is -0.0938. The smallest absolute Gasteiger partial charge is 1.00 e. The van der Waals surface area contributed by atoms with E-state index >= 15 is 0 Å². The first-order valence-corrected chi connectivity index (χ1v) is 10.2. The molecule has 116 valence electrons. The fourth-order valence-electron chi connectivity index (χ4n) is 1.31. The largest absolute Gasteiger partial charge is 1.00 e. The standard InChI is InChI=1S/C12H10S2.C3H8O3S.Na.H/c1-3-7-11(8-4-1)13-14-12-9-5-2-6-10-12;1-2-3-7(4,5)6;;/h1-10H;2-3H2,1H3,(H,4,5,6);;/q;;+1;-1. The molecule has 0 aliphatic heterocycles. The minimum Gasteiger partial charge on any atom is -1.00 e. The second kappa shape index (κ2) is 12.5. The molecule has 2 rings (SSSR count). The third-order valence-corrected chi connectivity index (χ3v) is 5.52. The molecule has 0 fully saturated rings. The molecule has 0 saturated carbocycles. The molecule has 22 heavy (non-hydrogen) atoms. The van der Waals surface area contributed by atoms with Crippen LogP contribution in [0.25, 0.3) is 0 Å². The van der Waals surface area contributed by atoms with Crippen molar-refractivity contribution in [2.24, 2.45) is 0 Å². The zero-order valence-corrected chi connectivity index (χ0v) is 17.1. The second-order valence-corrected chi connectivity index (χ2v) is 7.93. The fourth-order valence-corrected chi connectivity index (χ4v) is 3.80. The van der Waals surface area contributed by atoms with Crippen molar-refractivity contribution in [3.8, 4) is 0 Å². The Morgan fingerprint density at radius 2 is 1.27 bits per heavy atom. The van der Waals surface area contributed by atoms with E-state index in [1.165, 1.54) is 9.79 Å². The first-order chi connectivity index (χ1) is 10.0. The second-order valence-electron chi connectivity index (χ2n) is 4.08. The van der Waals surface area contributed by atoms with Crippen molar-refractivity contribution >= 4 is 31.7 Å². The van der Waals surface area contributed by atoms with Crippen molar-refractivity contribution in [1.82, 2.24) is 0 Å². The maximum absolute atomic E-state index is 9.79. The van der Waals surface area contributed by atoms with Gasteiger partial charge in [0.05, 0.1) is 5.75 Å². The van der Waals surface area contributed by atoms with E-state index < -0.39 is 10.1 Å². The molecule has 0 amide bonds. The van der Waals surface area contributed by atoms with Crippen LogP contribution >= 0.6 is 21.6 Å². The van der Waals surface area contributed by atoms with Crippen LogP contribution in [0.15, 0.2) is 70.5 Å². The van der Waals surface area contributed by atoms with Gasteiger partial charge in [-0.1, -0.05) is 64.9 Å². The van der Waals surface area contributed by atoms with Gasteiger partial charge in [0.15, 0.2) is 0 Å². The molecule has 0 atom stereocenters. The van der Waals surface area contributed by atoms with Crippen molar-refractivity contribution in [3.05, 3.63) is 60.7 Å². The predicted octanol–water partition coefficient (Wildman–Crippen LogP) is 1.89. The monoisotopic (exact) mass is 366 g/mol. The van der Waals surface area contributed by atoms with Gasteiger partial charge in [-0.15, -0.1) is 0 Å². The number of hydrogen-bond donors (Lipinski definition) is 1. The van der Waals surface area contributed by atoms with Crippen LogP contribution in [0, 0.1) is 0 Å². The Morgan fingerprint density at radius 1 is 0.909 bits per heavy atom. The minimum atomic E-state index is -3.67. The molecule has 0 spiro atoms. The Labute approximate surface area is 164 Å². The average molecular weight is 367 g/mol. The van der Waals surface area contributed by atoms with Crippen LogP contribution in [-0.4, -0.2) is 18.7 Å². The molecule has 0 bridgehead atoms. The average Bonchev–Trinajstić information content (AvgIpc) is 2.47. The summed E-state index contributed by atoms with van der Waals surface area (Å²) in [6.45, 7) is 1.69. The van der Waals surface area contributed by atoms with E-state index in [1.54, 1.807) is 28.5 Å². The topological polar surface area (TPSA) is 54.4 Å². The summed E-state index contributed by atoms with van der Waals surface area (Å²) in [6.07, 6.45) is 0.471.